The van der Waals surface area contributed by atoms with Gasteiger partial charge < -0.3 is 9.64 Å². The molecular weight excluding hydrogens is 310 g/mol. The number of nitrogens with zero attached hydrogens (tertiary/aromatic N) is 5. The number of anilines is 1. The van der Waals surface area contributed by atoms with Crippen LogP contribution in [0.1, 0.15) is 11.1 Å². The van der Waals surface area contributed by atoms with Crippen molar-refractivity contribution >= 4 is 28.1 Å². The third-order valence-electron chi connectivity index (χ3n) is 3.32. The third kappa shape index (κ3) is 3.02. The monoisotopic (exact) mass is 323 g/mol. The van der Waals surface area contributed by atoms with Gasteiger partial charge in [-0.1, -0.05) is 11.6 Å². The molecule has 6 nitrogen and oxygen atoms in total. The number of hydrogen-bond acceptors (Lipinski definition) is 6. The van der Waals surface area contributed by atoms with E-state index in [1.54, 1.807) is 0 Å². The van der Waals surface area contributed by atoms with Crippen molar-refractivity contribution in [3.05, 3.63) is 28.7 Å². The topological polar surface area (TPSA) is 67.0 Å². The Labute approximate surface area is 131 Å². The fraction of sp³-hybridized carbons (Fsp3) is 0.462. The lowest BCUT2D eigenvalue weighted by Crippen LogP contribution is -2.44. The lowest BCUT2D eigenvalue weighted by atomic mass is 10.2. The van der Waals surface area contributed by atoms with E-state index >= 15 is 0 Å². The number of hydrogen-bond donors (Lipinski definition) is 0. The van der Waals surface area contributed by atoms with E-state index in [0.29, 0.717) is 25.3 Å². The van der Waals surface area contributed by atoms with Gasteiger partial charge in [0.1, 0.15) is 16.6 Å². The zero-order valence-electron chi connectivity index (χ0n) is 11.5. The van der Waals surface area contributed by atoms with Crippen molar-refractivity contribution in [1.29, 1.82) is 5.26 Å². The number of aromatic nitrogens is 3. The van der Waals surface area contributed by atoms with E-state index in [9.17, 15) is 5.26 Å². The Bertz CT molecular complexity index is 676. The van der Waals surface area contributed by atoms with Crippen LogP contribution in [0, 0.1) is 18.3 Å². The molecule has 8 heteroatoms. The number of nitriles is 1. The summed E-state index contributed by atoms with van der Waals surface area (Å²) in [6.45, 7) is 4.76. The Balaban J connectivity index is 1.72. The molecule has 3 heterocycles. The van der Waals surface area contributed by atoms with Gasteiger partial charge in [0.2, 0.25) is 0 Å². The molecule has 1 aliphatic rings. The molecule has 0 N–H and O–H groups in total. The van der Waals surface area contributed by atoms with E-state index in [-0.39, 0.29) is 11.3 Å². The summed E-state index contributed by atoms with van der Waals surface area (Å²) in [5.41, 5.74) is 1.58. The van der Waals surface area contributed by atoms with Gasteiger partial charge in [0, 0.05) is 19.3 Å². The van der Waals surface area contributed by atoms with E-state index in [2.05, 4.69) is 20.4 Å². The molecule has 1 saturated heterocycles. The van der Waals surface area contributed by atoms with Crippen LogP contribution in [0.2, 0.25) is 5.15 Å². The fourth-order valence-corrected chi connectivity index (χ4v) is 3.43. The SMILES string of the molecule is Cc1cnn(CC2CN(c3snc(Cl)c3C#N)CCO2)c1. The maximum atomic E-state index is 9.18. The zero-order chi connectivity index (χ0) is 14.8. The average molecular weight is 324 g/mol. The summed E-state index contributed by atoms with van der Waals surface area (Å²) in [7, 11) is 0. The molecule has 0 aliphatic carbocycles. The number of aryl methyl sites for hydroxylation is 1. The Morgan fingerprint density at radius 3 is 3.19 bits per heavy atom. The molecule has 2 aromatic rings. The highest BCUT2D eigenvalue weighted by Crippen LogP contribution is 2.32. The number of ether oxygens (including phenoxy) is 1. The maximum Gasteiger partial charge on any atom is 0.162 e. The minimum absolute atomic E-state index is 0.0328. The fourth-order valence-electron chi connectivity index (χ4n) is 2.36. The smallest absolute Gasteiger partial charge is 0.162 e. The summed E-state index contributed by atoms with van der Waals surface area (Å²) < 4.78 is 11.7. The van der Waals surface area contributed by atoms with Crippen molar-refractivity contribution in [1.82, 2.24) is 14.2 Å². The Kier molecular flexibility index (Phi) is 4.10. The molecule has 1 fully saturated rings. The van der Waals surface area contributed by atoms with Crippen LogP contribution in [-0.4, -0.2) is 40.0 Å². The standard InChI is InChI=1S/C13H14ClN5OS/c1-9-5-16-19(6-9)8-10-7-18(2-3-20-10)13-11(4-15)12(14)17-21-13/h5-6,10H,2-3,7-8H2,1H3. The van der Waals surface area contributed by atoms with Crippen LogP contribution in [-0.2, 0) is 11.3 Å². The van der Waals surface area contributed by atoms with Crippen LogP contribution in [0.25, 0.3) is 0 Å². The van der Waals surface area contributed by atoms with Gasteiger partial charge in [0.15, 0.2) is 5.15 Å². The summed E-state index contributed by atoms with van der Waals surface area (Å²) in [5, 5.41) is 14.6. The van der Waals surface area contributed by atoms with Crippen LogP contribution < -0.4 is 4.90 Å². The molecule has 1 unspecified atom stereocenters. The molecule has 1 aliphatic heterocycles. The summed E-state index contributed by atoms with van der Waals surface area (Å²) in [4.78, 5) is 2.12. The first-order valence-corrected chi connectivity index (χ1v) is 7.73. The molecule has 2 aromatic heterocycles. The largest absolute Gasteiger partial charge is 0.373 e. The molecule has 21 heavy (non-hydrogen) atoms. The lowest BCUT2D eigenvalue weighted by molar-refractivity contribution is 0.0276. The summed E-state index contributed by atoms with van der Waals surface area (Å²) in [6, 6.07) is 2.12. The van der Waals surface area contributed by atoms with E-state index in [1.165, 1.54) is 11.5 Å². The van der Waals surface area contributed by atoms with Gasteiger partial charge in [0.25, 0.3) is 0 Å². The number of halogens is 1. The van der Waals surface area contributed by atoms with Gasteiger partial charge >= 0.3 is 0 Å². The van der Waals surface area contributed by atoms with Gasteiger partial charge in [-0.05, 0) is 24.0 Å². The van der Waals surface area contributed by atoms with Gasteiger partial charge in [-0.3, -0.25) is 4.68 Å². The summed E-state index contributed by atoms with van der Waals surface area (Å²) >= 11 is 7.20. The van der Waals surface area contributed by atoms with Crippen LogP contribution in [0.5, 0.6) is 0 Å². The molecule has 0 bridgehead atoms. The van der Waals surface area contributed by atoms with Gasteiger partial charge in [0.05, 0.1) is 25.5 Å². The number of rotatable bonds is 3. The predicted molar refractivity (Wildman–Crippen MR) is 80.8 cm³/mol. The van der Waals surface area contributed by atoms with Crippen molar-refractivity contribution in [3.63, 3.8) is 0 Å². The van der Waals surface area contributed by atoms with E-state index in [4.69, 9.17) is 16.3 Å². The van der Waals surface area contributed by atoms with Gasteiger partial charge in [-0.2, -0.15) is 14.7 Å². The first-order valence-electron chi connectivity index (χ1n) is 6.58. The second-order valence-electron chi connectivity index (χ2n) is 4.94. The van der Waals surface area contributed by atoms with Crippen molar-refractivity contribution < 1.29 is 4.74 Å². The van der Waals surface area contributed by atoms with Crippen LogP contribution in [0.4, 0.5) is 5.00 Å². The van der Waals surface area contributed by atoms with Crippen LogP contribution >= 0.6 is 23.1 Å². The molecule has 0 radical (unpaired) electrons. The lowest BCUT2D eigenvalue weighted by Gasteiger charge is -2.33. The Morgan fingerprint density at radius 1 is 1.62 bits per heavy atom. The molecular formula is C13H14ClN5OS. The number of morpholine rings is 1. The minimum Gasteiger partial charge on any atom is -0.373 e. The highest BCUT2D eigenvalue weighted by Gasteiger charge is 2.25. The van der Waals surface area contributed by atoms with Crippen molar-refractivity contribution in [2.24, 2.45) is 0 Å². The molecule has 0 spiro atoms. The first-order chi connectivity index (χ1) is 10.2. The third-order valence-corrected chi connectivity index (χ3v) is 4.61. The quantitative estimate of drug-likeness (QED) is 0.865. The van der Waals surface area contributed by atoms with E-state index < -0.39 is 0 Å². The highest BCUT2D eigenvalue weighted by atomic mass is 35.5. The second kappa shape index (κ2) is 6.02. The van der Waals surface area contributed by atoms with Crippen molar-refractivity contribution in [3.8, 4) is 6.07 Å². The highest BCUT2D eigenvalue weighted by molar-refractivity contribution is 7.10. The first kappa shape index (κ1) is 14.3. The Hall–Kier alpha value is -1.62. The average Bonchev–Trinajstić information content (AvgIpc) is 3.05. The maximum absolute atomic E-state index is 9.18. The normalized spacial score (nSPS) is 18.7. The second-order valence-corrected chi connectivity index (χ2v) is 6.05. The van der Waals surface area contributed by atoms with Crippen LogP contribution in [0.15, 0.2) is 12.4 Å². The Morgan fingerprint density at radius 2 is 2.48 bits per heavy atom. The molecule has 0 amide bonds. The molecule has 3 rings (SSSR count). The van der Waals surface area contributed by atoms with E-state index in [0.717, 1.165) is 17.1 Å². The molecule has 0 saturated carbocycles. The minimum atomic E-state index is 0.0328. The van der Waals surface area contributed by atoms with Crippen LogP contribution in [0.3, 0.4) is 0 Å². The molecule has 0 aromatic carbocycles. The molecule has 1 atom stereocenters. The van der Waals surface area contributed by atoms with E-state index in [1.807, 2.05) is 24.0 Å². The zero-order valence-corrected chi connectivity index (χ0v) is 13.1. The summed E-state index contributed by atoms with van der Waals surface area (Å²) in [6.07, 6.45) is 3.86. The van der Waals surface area contributed by atoms with Gasteiger partial charge in [-0.15, -0.1) is 0 Å². The molecule has 110 valence electrons. The van der Waals surface area contributed by atoms with Gasteiger partial charge in [-0.25, -0.2) is 0 Å². The van der Waals surface area contributed by atoms with Crippen molar-refractivity contribution in [2.75, 3.05) is 24.6 Å². The summed E-state index contributed by atoms with van der Waals surface area (Å²) in [5.74, 6) is 0. The predicted octanol–water partition coefficient (Wildman–Crippen LogP) is 2.08. The van der Waals surface area contributed by atoms with Crippen molar-refractivity contribution in [2.45, 2.75) is 19.6 Å².